The van der Waals surface area contributed by atoms with E-state index >= 15 is 0 Å². The third-order valence-corrected chi connectivity index (χ3v) is 5.61. The molecule has 7 heteroatoms. The molecular formula is C27H27N3O4. The number of ether oxygens (including phenoxy) is 1. The Hall–Kier alpha value is -3.97. The summed E-state index contributed by atoms with van der Waals surface area (Å²) in [5, 5.41) is 13.4. The molecule has 34 heavy (non-hydrogen) atoms. The van der Waals surface area contributed by atoms with Gasteiger partial charge < -0.3 is 19.6 Å². The fourth-order valence-corrected chi connectivity index (χ4v) is 3.58. The molecule has 0 aliphatic carbocycles. The second kappa shape index (κ2) is 9.89. The van der Waals surface area contributed by atoms with E-state index in [2.05, 4.69) is 15.3 Å². The number of hydrogen-bond acceptors (Lipinski definition) is 6. The SMILES string of the molecule is CCOc1ccc(N=c2oc3c(C)ncc(CO)c3cc2C(=O)Nc2ccc(C)c(C)c2)cc1. The molecule has 0 unspecified atom stereocenters. The van der Waals surface area contributed by atoms with Crippen LogP contribution in [0.4, 0.5) is 11.4 Å². The maximum atomic E-state index is 13.4. The number of pyridine rings is 1. The molecule has 174 valence electrons. The summed E-state index contributed by atoms with van der Waals surface area (Å²) in [4.78, 5) is 22.3. The summed E-state index contributed by atoms with van der Waals surface area (Å²) in [7, 11) is 0. The maximum Gasteiger partial charge on any atom is 0.261 e. The van der Waals surface area contributed by atoms with Crippen LogP contribution < -0.4 is 15.6 Å². The normalized spacial score (nSPS) is 11.6. The second-order valence-corrected chi connectivity index (χ2v) is 8.03. The summed E-state index contributed by atoms with van der Waals surface area (Å²) in [6.07, 6.45) is 1.58. The zero-order valence-corrected chi connectivity index (χ0v) is 19.7. The van der Waals surface area contributed by atoms with Crippen LogP contribution in [0.1, 0.15) is 39.7 Å². The molecule has 1 amide bonds. The van der Waals surface area contributed by atoms with Gasteiger partial charge in [0, 0.05) is 22.8 Å². The summed E-state index contributed by atoms with van der Waals surface area (Å²) < 4.78 is 11.6. The lowest BCUT2D eigenvalue weighted by Gasteiger charge is -2.11. The van der Waals surface area contributed by atoms with Crippen molar-refractivity contribution in [3.8, 4) is 5.75 Å². The molecule has 2 N–H and O–H groups in total. The number of aliphatic hydroxyl groups excluding tert-OH is 1. The zero-order valence-electron chi connectivity index (χ0n) is 19.7. The van der Waals surface area contributed by atoms with Gasteiger partial charge in [0.25, 0.3) is 5.91 Å². The summed E-state index contributed by atoms with van der Waals surface area (Å²) in [5.74, 6) is 0.370. The van der Waals surface area contributed by atoms with E-state index in [4.69, 9.17) is 9.15 Å². The third-order valence-electron chi connectivity index (χ3n) is 5.61. The number of rotatable bonds is 6. The molecule has 0 aliphatic heterocycles. The number of aromatic nitrogens is 1. The van der Waals surface area contributed by atoms with Crippen LogP contribution in [0.25, 0.3) is 11.0 Å². The number of fused-ring (bicyclic) bond motifs is 1. The lowest BCUT2D eigenvalue weighted by molar-refractivity contribution is 0.102. The molecule has 7 nitrogen and oxygen atoms in total. The van der Waals surface area contributed by atoms with Crippen molar-refractivity contribution < 1.29 is 19.1 Å². The minimum atomic E-state index is -0.364. The molecule has 0 atom stereocenters. The van der Waals surface area contributed by atoms with Crippen LogP contribution in [0, 0.1) is 20.8 Å². The molecule has 0 radical (unpaired) electrons. The van der Waals surface area contributed by atoms with Crippen LogP contribution in [0.2, 0.25) is 0 Å². The maximum absolute atomic E-state index is 13.4. The topological polar surface area (TPSA) is 97.0 Å². The smallest absolute Gasteiger partial charge is 0.261 e. The highest BCUT2D eigenvalue weighted by molar-refractivity contribution is 6.05. The number of aryl methyl sites for hydroxylation is 3. The highest BCUT2D eigenvalue weighted by atomic mass is 16.5. The van der Waals surface area contributed by atoms with Gasteiger partial charge in [-0.3, -0.25) is 9.78 Å². The van der Waals surface area contributed by atoms with Crippen molar-refractivity contribution in [3.63, 3.8) is 0 Å². The van der Waals surface area contributed by atoms with Crippen LogP contribution in [-0.4, -0.2) is 22.6 Å². The van der Waals surface area contributed by atoms with E-state index in [1.54, 1.807) is 24.4 Å². The Morgan fingerprint density at radius 3 is 2.53 bits per heavy atom. The molecule has 0 fully saturated rings. The summed E-state index contributed by atoms with van der Waals surface area (Å²) in [5.41, 5.74) is 5.57. The predicted molar refractivity (Wildman–Crippen MR) is 131 cm³/mol. The first-order valence-corrected chi connectivity index (χ1v) is 11.1. The molecule has 2 aromatic heterocycles. The highest BCUT2D eigenvalue weighted by Crippen LogP contribution is 2.23. The molecular weight excluding hydrogens is 430 g/mol. The Bertz CT molecular complexity index is 1420. The molecule has 2 heterocycles. The van der Waals surface area contributed by atoms with Crippen molar-refractivity contribution in [2.24, 2.45) is 4.99 Å². The number of anilines is 1. The lowest BCUT2D eigenvalue weighted by atomic mass is 10.1. The number of aliphatic hydroxyl groups is 1. The van der Waals surface area contributed by atoms with Gasteiger partial charge in [-0.15, -0.1) is 0 Å². The molecule has 2 aromatic carbocycles. The number of nitrogens with zero attached hydrogens (tertiary/aromatic N) is 2. The third kappa shape index (κ3) is 4.84. The molecule has 0 aliphatic rings. The second-order valence-electron chi connectivity index (χ2n) is 8.03. The van der Waals surface area contributed by atoms with E-state index in [1.807, 2.05) is 58.0 Å². The largest absolute Gasteiger partial charge is 0.494 e. The van der Waals surface area contributed by atoms with Gasteiger partial charge in [-0.05, 0) is 81.3 Å². The summed E-state index contributed by atoms with van der Waals surface area (Å²) in [6.45, 7) is 8.08. The molecule has 4 rings (SSSR count). The number of benzene rings is 2. The average Bonchev–Trinajstić information content (AvgIpc) is 2.83. The van der Waals surface area contributed by atoms with Gasteiger partial charge >= 0.3 is 0 Å². The van der Waals surface area contributed by atoms with Crippen LogP contribution in [-0.2, 0) is 6.61 Å². The van der Waals surface area contributed by atoms with E-state index in [-0.39, 0.29) is 23.6 Å². The van der Waals surface area contributed by atoms with E-state index < -0.39 is 0 Å². The van der Waals surface area contributed by atoms with Gasteiger partial charge in [-0.2, -0.15) is 0 Å². The molecule has 0 saturated heterocycles. The standard InChI is InChI=1S/C27H27N3O4/c1-5-33-22-10-8-20(9-11-22)30-27-24(26(32)29-21-7-6-16(2)17(3)12-21)13-23-19(15-31)14-28-18(4)25(23)34-27/h6-14,31H,5,15H2,1-4H3,(H,29,32). The first-order chi connectivity index (χ1) is 16.4. The Kier molecular flexibility index (Phi) is 6.75. The first-order valence-electron chi connectivity index (χ1n) is 11.1. The molecule has 0 bridgehead atoms. The molecule has 0 saturated carbocycles. The van der Waals surface area contributed by atoms with E-state index in [0.717, 1.165) is 16.9 Å². The fraction of sp³-hybridized carbons (Fsp3) is 0.222. The van der Waals surface area contributed by atoms with Crippen molar-refractivity contribution in [1.29, 1.82) is 0 Å². The van der Waals surface area contributed by atoms with Crippen LogP contribution in [0.5, 0.6) is 5.75 Å². The molecule has 0 spiro atoms. The van der Waals surface area contributed by atoms with E-state index in [9.17, 15) is 9.90 Å². The van der Waals surface area contributed by atoms with Gasteiger partial charge in [-0.25, -0.2) is 4.99 Å². The van der Waals surface area contributed by atoms with Crippen molar-refractivity contribution in [2.45, 2.75) is 34.3 Å². The van der Waals surface area contributed by atoms with Crippen molar-refractivity contribution >= 4 is 28.3 Å². The number of carbonyl (C=O) groups excluding carboxylic acids is 1. The van der Waals surface area contributed by atoms with Gasteiger partial charge in [0.2, 0.25) is 5.55 Å². The fourth-order valence-electron chi connectivity index (χ4n) is 3.58. The number of nitrogens with one attached hydrogen (secondary N) is 1. The van der Waals surface area contributed by atoms with Crippen LogP contribution in [0.3, 0.4) is 0 Å². The number of amides is 1. The minimum absolute atomic E-state index is 0.151. The van der Waals surface area contributed by atoms with Crippen molar-refractivity contribution in [2.75, 3.05) is 11.9 Å². The Balaban J connectivity index is 1.86. The summed E-state index contributed by atoms with van der Waals surface area (Å²) in [6, 6.07) is 14.7. The number of hydrogen-bond donors (Lipinski definition) is 2. The quantitative estimate of drug-likeness (QED) is 0.418. The Morgan fingerprint density at radius 2 is 1.85 bits per heavy atom. The van der Waals surface area contributed by atoms with Gasteiger partial charge in [0.1, 0.15) is 11.3 Å². The van der Waals surface area contributed by atoms with Gasteiger partial charge in [-0.1, -0.05) is 6.07 Å². The highest BCUT2D eigenvalue weighted by Gasteiger charge is 2.17. The Morgan fingerprint density at radius 1 is 1.09 bits per heavy atom. The van der Waals surface area contributed by atoms with E-state index in [1.165, 1.54) is 0 Å². The van der Waals surface area contributed by atoms with Crippen molar-refractivity contribution in [3.05, 3.63) is 88.2 Å². The van der Waals surface area contributed by atoms with Crippen LogP contribution >= 0.6 is 0 Å². The zero-order chi connectivity index (χ0) is 24.2. The van der Waals surface area contributed by atoms with Gasteiger partial charge in [0.05, 0.1) is 24.6 Å². The van der Waals surface area contributed by atoms with Crippen LogP contribution in [0.15, 0.2) is 64.1 Å². The van der Waals surface area contributed by atoms with Crippen molar-refractivity contribution in [1.82, 2.24) is 4.98 Å². The monoisotopic (exact) mass is 457 g/mol. The lowest BCUT2D eigenvalue weighted by Crippen LogP contribution is -2.22. The average molecular weight is 458 g/mol. The minimum Gasteiger partial charge on any atom is -0.494 e. The number of carbonyl (C=O) groups is 1. The predicted octanol–water partition coefficient (Wildman–Crippen LogP) is 5.13. The molecule has 4 aromatic rings. The first kappa shape index (κ1) is 23.2. The Labute approximate surface area is 197 Å². The van der Waals surface area contributed by atoms with Gasteiger partial charge in [0.15, 0.2) is 5.58 Å². The van der Waals surface area contributed by atoms with E-state index in [0.29, 0.717) is 40.2 Å². The summed E-state index contributed by atoms with van der Waals surface area (Å²) >= 11 is 0.